The number of carbonyl (C=O) groups excluding carboxylic acids is 1. The first-order valence-corrected chi connectivity index (χ1v) is 7.87. The van der Waals surface area contributed by atoms with Crippen molar-refractivity contribution >= 4 is 5.91 Å². The molecule has 0 spiro atoms. The van der Waals surface area contributed by atoms with Gasteiger partial charge in [-0.25, -0.2) is 0 Å². The number of methoxy groups -OCH3 is 1. The van der Waals surface area contributed by atoms with Gasteiger partial charge < -0.3 is 14.8 Å². The molecule has 1 amide bonds. The number of hydrogen-bond donors (Lipinski definition) is 1. The smallest absolute Gasteiger partial charge is 0.251 e. The normalized spacial score (nSPS) is 10.2. The summed E-state index contributed by atoms with van der Waals surface area (Å²) in [7, 11) is 1.65. The van der Waals surface area contributed by atoms with Crippen molar-refractivity contribution in [2.45, 2.75) is 19.8 Å². The van der Waals surface area contributed by atoms with Gasteiger partial charge in [-0.3, -0.25) is 4.79 Å². The summed E-state index contributed by atoms with van der Waals surface area (Å²) in [4.78, 5) is 12.1. The summed E-state index contributed by atoms with van der Waals surface area (Å²) in [6.07, 6.45) is 1.75. The molecule has 0 radical (unpaired) electrons. The van der Waals surface area contributed by atoms with Crippen molar-refractivity contribution in [2.75, 3.05) is 20.3 Å². The highest BCUT2D eigenvalue weighted by atomic mass is 16.5. The molecule has 0 saturated carbocycles. The van der Waals surface area contributed by atoms with E-state index in [9.17, 15) is 4.79 Å². The number of nitrogens with one attached hydrogen (secondary N) is 1. The maximum atomic E-state index is 12.1. The topological polar surface area (TPSA) is 47.6 Å². The molecule has 2 aromatic rings. The van der Waals surface area contributed by atoms with Crippen LogP contribution in [0.5, 0.6) is 11.5 Å². The van der Waals surface area contributed by atoms with Gasteiger partial charge in [0, 0.05) is 12.1 Å². The number of hydrogen-bond acceptors (Lipinski definition) is 3. The Kier molecular flexibility index (Phi) is 6.48. The van der Waals surface area contributed by atoms with Gasteiger partial charge in [0.25, 0.3) is 5.91 Å². The number of amides is 1. The lowest BCUT2D eigenvalue weighted by molar-refractivity contribution is 0.0954. The fourth-order valence-corrected chi connectivity index (χ4v) is 2.14. The zero-order valence-electron chi connectivity index (χ0n) is 13.7. The monoisotopic (exact) mass is 313 g/mol. The summed E-state index contributed by atoms with van der Waals surface area (Å²) >= 11 is 0. The van der Waals surface area contributed by atoms with Crippen LogP contribution < -0.4 is 14.8 Å². The van der Waals surface area contributed by atoms with E-state index in [4.69, 9.17) is 9.47 Å². The second-order valence-electron chi connectivity index (χ2n) is 5.23. The highest BCUT2D eigenvalue weighted by Gasteiger charge is 2.05. The molecule has 0 aliphatic rings. The molecular formula is C19H23NO3. The van der Waals surface area contributed by atoms with E-state index in [0.29, 0.717) is 18.7 Å². The van der Waals surface area contributed by atoms with Crippen LogP contribution in [0.4, 0.5) is 0 Å². The SMILES string of the molecule is CCCOc1ccc(C(=O)NCCc2ccc(OC)cc2)cc1. The van der Waals surface area contributed by atoms with Crippen LogP contribution in [0.15, 0.2) is 48.5 Å². The van der Waals surface area contributed by atoms with Gasteiger partial charge in [-0.15, -0.1) is 0 Å². The van der Waals surface area contributed by atoms with Gasteiger partial charge in [0.05, 0.1) is 13.7 Å². The van der Waals surface area contributed by atoms with Gasteiger partial charge in [0.2, 0.25) is 0 Å². The van der Waals surface area contributed by atoms with Gasteiger partial charge in [0.15, 0.2) is 0 Å². The lowest BCUT2D eigenvalue weighted by atomic mass is 10.1. The Bertz CT molecular complexity index is 606. The molecule has 23 heavy (non-hydrogen) atoms. The van der Waals surface area contributed by atoms with Gasteiger partial charge >= 0.3 is 0 Å². The molecule has 4 nitrogen and oxygen atoms in total. The third kappa shape index (κ3) is 5.33. The first kappa shape index (κ1) is 16.9. The Hall–Kier alpha value is -2.49. The summed E-state index contributed by atoms with van der Waals surface area (Å²) in [6.45, 7) is 3.34. The minimum atomic E-state index is -0.0689. The molecule has 0 aliphatic carbocycles. The fourth-order valence-electron chi connectivity index (χ4n) is 2.14. The van der Waals surface area contributed by atoms with Crippen molar-refractivity contribution in [2.24, 2.45) is 0 Å². The molecule has 2 aromatic carbocycles. The average Bonchev–Trinajstić information content (AvgIpc) is 2.61. The Morgan fingerprint density at radius 1 is 1.00 bits per heavy atom. The van der Waals surface area contributed by atoms with E-state index in [0.717, 1.165) is 29.9 Å². The predicted octanol–water partition coefficient (Wildman–Crippen LogP) is 3.46. The van der Waals surface area contributed by atoms with Gasteiger partial charge in [-0.2, -0.15) is 0 Å². The van der Waals surface area contributed by atoms with Crippen LogP contribution in [0, 0.1) is 0 Å². The Morgan fingerprint density at radius 3 is 2.26 bits per heavy atom. The zero-order chi connectivity index (χ0) is 16.5. The quantitative estimate of drug-likeness (QED) is 0.812. The van der Waals surface area contributed by atoms with Crippen molar-refractivity contribution in [1.82, 2.24) is 5.32 Å². The van der Waals surface area contributed by atoms with E-state index in [1.54, 1.807) is 19.2 Å². The first-order valence-electron chi connectivity index (χ1n) is 7.87. The highest BCUT2D eigenvalue weighted by Crippen LogP contribution is 2.13. The maximum absolute atomic E-state index is 12.1. The Balaban J connectivity index is 1.79. The molecule has 0 bridgehead atoms. The number of carbonyl (C=O) groups is 1. The molecule has 122 valence electrons. The number of rotatable bonds is 8. The molecule has 0 aromatic heterocycles. The summed E-state index contributed by atoms with van der Waals surface area (Å²) in [5, 5.41) is 2.93. The summed E-state index contributed by atoms with van der Waals surface area (Å²) in [6, 6.07) is 15.1. The van der Waals surface area contributed by atoms with Crippen molar-refractivity contribution < 1.29 is 14.3 Å². The van der Waals surface area contributed by atoms with Crippen LogP contribution >= 0.6 is 0 Å². The molecule has 4 heteroatoms. The van der Waals surface area contributed by atoms with Crippen molar-refractivity contribution in [3.05, 3.63) is 59.7 Å². The van der Waals surface area contributed by atoms with Crippen molar-refractivity contribution in [3.63, 3.8) is 0 Å². The van der Waals surface area contributed by atoms with Crippen LogP contribution in [0.2, 0.25) is 0 Å². The average molecular weight is 313 g/mol. The zero-order valence-corrected chi connectivity index (χ0v) is 13.7. The van der Waals surface area contributed by atoms with E-state index >= 15 is 0 Å². The number of ether oxygens (including phenoxy) is 2. The van der Waals surface area contributed by atoms with E-state index in [-0.39, 0.29) is 5.91 Å². The molecular weight excluding hydrogens is 290 g/mol. The lowest BCUT2D eigenvalue weighted by Gasteiger charge is -2.08. The second-order valence-corrected chi connectivity index (χ2v) is 5.23. The van der Waals surface area contributed by atoms with Gasteiger partial charge in [0.1, 0.15) is 11.5 Å². The van der Waals surface area contributed by atoms with Crippen molar-refractivity contribution in [1.29, 1.82) is 0 Å². The summed E-state index contributed by atoms with van der Waals surface area (Å²) in [5.74, 6) is 1.56. The molecule has 0 aliphatic heterocycles. The second kappa shape index (κ2) is 8.83. The summed E-state index contributed by atoms with van der Waals surface area (Å²) in [5.41, 5.74) is 1.80. The van der Waals surface area contributed by atoms with Gasteiger partial charge in [-0.1, -0.05) is 19.1 Å². The third-order valence-electron chi connectivity index (χ3n) is 3.45. The Morgan fingerprint density at radius 2 is 1.65 bits per heavy atom. The first-order chi connectivity index (χ1) is 11.2. The molecule has 2 rings (SSSR count). The van der Waals surface area contributed by atoms with Crippen LogP contribution in [0.1, 0.15) is 29.3 Å². The molecule has 0 saturated heterocycles. The molecule has 0 heterocycles. The van der Waals surface area contributed by atoms with E-state index < -0.39 is 0 Å². The van der Waals surface area contributed by atoms with Crippen LogP contribution in [0.3, 0.4) is 0 Å². The molecule has 1 N–H and O–H groups in total. The molecule has 0 atom stereocenters. The lowest BCUT2D eigenvalue weighted by Crippen LogP contribution is -2.25. The minimum absolute atomic E-state index is 0.0689. The largest absolute Gasteiger partial charge is 0.497 e. The van der Waals surface area contributed by atoms with E-state index in [1.807, 2.05) is 36.4 Å². The standard InChI is InChI=1S/C19H23NO3/c1-3-14-23-18-10-6-16(7-11-18)19(21)20-13-12-15-4-8-17(22-2)9-5-15/h4-11H,3,12-14H2,1-2H3,(H,20,21). The maximum Gasteiger partial charge on any atom is 0.251 e. The third-order valence-corrected chi connectivity index (χ3v) is 3.45. The minimum Gasteiger partial charge on any atom is -0.497 e. The van der Waals surface area contributed by atoms with Gasteiger partial charge in [-0.05, 0) is 54.8 Å². The highest BCUT2D eigenvalue weighted by molar-refractivity contribution is 5.94. The number of benzene rings is 2. The molecule has 0 unspecified atom stereocenters. The van der Waals surface area contributed by atoms with Crippen LogP contribution in [0.25, 0.3) is 0 Å². The van der Waals surface area contributed by atoms with Crippen molar-refractivity contribution in [3.8, 4) is 11.5 Å². The van der Waals surface area contributed by atoms with Crippen LogP contribution in [-0.4, -0.2) is 26.2 Å². The predicted molar refractivity (Wildman–Crippen MR) is 91.3 cm³/mol. The van der Waals surface area contributed by atoms with Crippen LogP contribution in [-0.2, 0) is 6.42 Å². The summed E-state index contributed by atoms with van der Waals surface area (Å²) < 4.78 is 10.6. The van der Waals surface area contributed by atoms with E-state index in [2.05, 4.69) is 12.2 Å². The fraction of sp³-hybridized carbons (Fsp3) is 0.316. The Labute approximate surface area is 137 Å². The van der Waals surface area contributed by atoms with E-state index in [1.165, 1.54) is 0 Å². The molecule has 0 fully saturated rings.